The smallest absolute Gasteiger partial charge is 0.407 e. The molecule has 0 aliphatic heterocycles. The van der Waals surface area contributed by atoms with Gasteiger partial charge in [0.15, 0.2) is 5.78 Å². The highest BCUT2D eigenvalue weighted by Gasteiger charge is 2.15. The maximum absolute atomic E-state index is 12.0. The fraction of sp³-hybridized carbons (Fsp3) is 0.600. The summed E-state index contributed by atoms with van der Waals surface area (Å²) in [5, 5.41) is 8.44. The van der Waals surface area contributed by atoms with Crippen LogP contribution in [0.5, 0.6) is 0 Å². The van der Waals surface area contributed by atoms with E-state index >= 15 is 0 Å². The summed E-state index contributed by atoms with van der Waals surface area (Å²) in [6.45, 7) is 7.15. The molecule has 3 N–H and O–H groups in total. The van der Waals surface area contributed by atoms with Gasteiger partial charge >= 0.3 is 6.09 Å². The van der Waals surface area contributed by atoms with Crippen molar-refractivity contribution in [3.8, 4) is 0 Å². The number of carbonyl (C=O) groups is 4. The van der Waals surface area contributed by atoms with Gasteiger partial charge in [-0.1, -0.05) is 51.0 Å². The number of amides is 2. The van der Waals surface area contributed by atoms with Gasteiger partial charge in [-0.05, 0) is 37.3 Å². The van der Waals surface area contributed by atoms with E-state index in [9.17, 15) is 19.2 Å². The van der Waals surface area contributed by atoms with Gasteiger partial charge < -0.3 is 25.4 Å². The molecule has 2 amide bonds. The Morgan fingerprint density at radius 2 is 1.64 bits per heavy atom. The Hall–Kier alpha value is -3.20. The second-order valence-corrected chi connectivity index (χ2v) is 9.58. The zero-order valence-electron chi connectivity index (χ0n) is 24.1. The van der Waals surface area contributed by atoms with Crippen LogP contribution in [0.2, 0.25) is 0 Å². The fourth-order valence-electron chi connectivity index (χ4n) is 3.94. The lowest BCUT2D eigenvalue weighted by atomic mass is 9.91. The molecule has 0 saturated carbocycles. The lowest BCUT2D eigenvalue weighted by Gasteiger charge is -2.14. The minimum absolute atomic E-state index is 0.0272. The van der Waals surface area contributed by atoms with Gasteiger partial charge in [-0.25, -0.2) is 4.79 Å². The number of ketones is 2. The van der Waals surface area contributed by atoms with Crippen LogP contribution in [0.3, 0.4) is 0 Å². The molecule has 0 aliphatic carbocycles. The normalized spacial score (nSPS) is 11.9. The standard InChI is InChI=1S/C30H47N3O6/c1-5-10-26(28(35)6-2)11-7-8-16-32-30(37)39-18-9-17-38-22-29(36)33-21-25-14-12-24(13-15-25)20-27(34)19-23(3)31-4/h12-15,19,26,31H,5-11,16-18,20-22H2,1-4H3,(H,32,37)(H,33,36)/b23-19-. The SMILES string of the molecule is CCCC(CCCCNC(=O)OCCCOCC(=O)NCc1ccc(CC(=O)/C=C(/C)NC)cc1)C(=O)CC. The minimum atomic E-state index is -0.470. The van der Waals surface area contributed by atoms with Crippen molar-refractivity contribution >= 4 is 23.6 Å². The van der Waals surface area contributed by atoms with Crippen LogP contribution in [0.4, 0.5) is 4.79 Å². The largest absolute Gasteiger partial charge is 0.449 e. The van der Waals surface area contributed by atoms with E-state index in [1.165, 1.54) is 0 Å². The van der Waals surface area contributed by atoms with E-state index in [4.69, 9.17) is 9.47 Å². The van der Waals surface area contributed by atoms with Gasteiger partial charge in [0.2, 0.25) is 5.91 Å². The van der Waals surface area contributed by atoms with Crippen LogP contribution in [0.15, 0.2) is 36.0 Å². The minimum Gasteiger partial charge on any atom is -0.449 e. The van der Waals surface area contributed by atoms with Crippen LogP contribution in [0.1, 0.15) is 76.8 Å². The summed E-state index contributed by atoms with van der Waals surface area (Å²) < 4.78 is 10.5. The van der Waals surface area contributed by atoms with Crippen LogP contribution < -0.4 is 16.0 Å². The lowest BCUT2D eigenvalue weighted by Crippen LogP contribution is -2.28. The van der Waals surface area contributed by atoms with Gasteiger partial charge in [-0.2, -0.15) is 0 Å². The van der Waals surface area contributed by atoms with Crippen molar-refractivity contribution in [2.45, 2.75) is 78.7 Å². The maximum atomic E-state index is 12.0. The summed E-state index contributed by atoms with van der Waals surface area (Å²) in [4.78, 5) is 47.7. The third-order valence-corrected chi connectivity index (χ3v) is 6.25. The van der Waals surface area contributed by atoms with Crippen molar-refractivity contribution in [3.63, 3.8) is 0 Å². The number of unbranched alkanes of at least 4 members (excludes halogenated alkanes) is 1. The van der Waals surface area contributed by atoms with E-state index in [0.717, 1.165) is 48.9 Å². The van der Waals surface area contributed by atoms with E-state index in [1.807, 2.05) is 38.1 Å². The first kappa shape index (κ1) is 33.8. The molecular formula is C30H47N3O6. The molecule has 1 atom stereocenters. The summed E-state index contributed by atoms with van der Waals surface area (Å²) in [5.41, 5.74) is 2.66. The number of allylic oxidation sites excluding steroid dienone is 2. The fourth-order valence-corrected chi connectivity index (χ4v) is 3.94. The molecule has 0 radical (unpaired) electrons. The zero-order valence-corrected chi connectivity index (χ0v) is 24.1. The average molecular weight is 546 g/mol. The molecule has 0 fully saturated rings. The molecule has 9 nitrogen and oxygen atoms in total. The van der Waals surface area contributed by atoms with Crippen LogP contribution in [0.25, 0.3) is 0 Å². The number of alkyl carbamates (subject to hydrolysis) is 1. The molecule has 0 spiro atoms. The summed E-state index contributed by atoms with van der Waals surface area (Å²) in [6, 6.07) is 7.54. The van der Waals surface area contributed by atoms with E-state index in [-0.39, 0.29) is 30.8 Å². The van der Waals surface area contributed by atoms with Crippen LogP contribution in [-0.4, -0.2) is 57.0 Å². The van der Waals surface area contributed by atoms with E-state index in [0.29, 0.717) is 44.7 Å². The Labute approximate surface area is 233 Å². The van der Waals surface area contributed by atoms with Crippen molar-refractivity contribution in [3.05, 3.63) is 47.2 Å². The molecule has 39 heavy (non-hydrogen) atoms. The van der Waals surface area contributed by atoms with Crippen molar-refractivity contribution in [1.29, 1.82) is 0 Å². The molecule has 1 rings (SSSR count). The van der Waals surface area contributed by atoms with Crippen molar-refractivity contribution in [2.75, 3.05) is 33.4 Å². The van der Waals surface area contributed by atoms with Gasteiger partial charge in [0.1, 0.15) is 12.4 Å². The number of hydrogen-bond donors (Lipinski definition) is 3. The Kier molecular flexibility index (Phi) is 18.0. The molecule has 0 bridgehead atoms. The summed E-state index contributed by atoms with van der Waals surface area (Å²) >= 11 is 0. The van der Waals surface area contributed by atoms with E-state index in [2.05, 4.69) is 22.9 Å². The zero-order chi connectivity index (χ0) is 28.9. The number of carbonyl (C=O) groups excluding carboxylic acids is 4. The molecule has 218 valence electrons. The molecule has 1 aromatic carbocycles. The predicted molar refractivity (Wildman–Crippen MR) is 152 cm³/mol. The summed E-state index contributed by atoms with van der Waals surface area (Å²) in [7, 11) is 1.77. The van der Waals surface area contributed by atoms with Gasteiger partial charge in [0.25, 0.3) is 0 Å². The van der Waals surface area contributed by atoms with Crippen LogP contribution in [-0.2, 0) is 36.8 Å². The van der Waals surface area contributed by atoms with Crippen molar-refractivity contribution < 1.29 is 28.7 Å². The molecule has 0 heterocycles. The Balaban J connectivity index is 2.08. The number of Topliss-reactive ketones (excluding diaryl/α,β-unsaturated/α-hetero) is 1. The first-order chi connectivity index (χ1) is 18.8. The molecule has 1 unspecified atom stereocenters. The van der Waals surface area contributed by atoms with Crippen molar-refractivity contribution in [2.24, 2.45) is 5.92 Å². The van der Waals surface area contributed by atoms with Crippen LogP contribution in [0, 0.1) is 5.92 Å². The topological polar surface area (TPSA) is 123 Å². The number of rotatable bonds is 21. The lowest BCUT2D eigenvalue weighted by molar-refractivity contribution is -0.126. The Bertz CT molecular complexity index is 914. The number of hydrogen-bond acceptors (Lipinski definition) is 7. The second kappa shape index (κ2) is 20.7. The van der Waals surface area contributed by atoms with Gasteiger partial charge in [0, 0.05) is 57.1 Å². The van der Waals surface area contributed by atoms with E-state index < -0.39 is 6.09 Å². The third-order valence-electron chi connectivity index (χ3n) is 6.25. The molecule has 0 aromatic heterocycles. The van der Waals surface area contributed by atoms with Gasteiger partial charge in [-0.15, -0.1) is 0 Å². The third kappa shape index (κ3) is 16.4. The van der Waals surface area contributed by atoms with Crippen LogP contribution >= 0.6 is 0 Å². The quantitative estimate of drug-likeness (QED) is 0.156. The molecule has 1 aromatic rings. The second-order valence-electron chi connectivity index (χ2n) is 9.58. The van der Waals surface area contributed by atoms with Gasteiger partial charge in [-0.3, -0.25) is 14.4 Å². The molecule has 0 aliphatic rings. The van der Waals surface area contributed by atoms with E-state index in [1.54, 1.807) is 13.1 Å². The first-order valence-corrected chi connectivity index (χ1v) is 14.0. The molecule has 0 saturated heterocycles. The monoisotopic (exact) mass is 545 g/mol. The molecule has 9 heteroatoms. The summed E-state index contributed by atoms with van der Waals surface area (Å²) in [6.07, 6.45) is 7.02. The Morgan fingerprint density at radius 1 is 0.923 bits per heavy atom. The number of benzene rings is 1. The van der Waals surface area contributed by atoms with Crippen molar-refractivity contribution in [1.82, 2.24) is 16.0 Å². The first-order valence-electron chi connectivity index (χ1n) is 14.0. The highest BCUT2D eigenvalue weighted by atomic mass is 16.5. The highest BCUT2D eigenvalue weighted by molar-refractivity contribution is 5.91. The predicted octanol–water partition coefficient (Wildman–Crippen LogP) is 4.24. The number of ether oxygens (including phenoxy) is 2. The molecular weight excluding hydrogens is 498 g/mol. The maximum Gasteiger partial charge on any atom is 0.407 e. The number of nitrogens with one attached hydrogen (secondary N) is 3. The highest BCUT2D eigenvalue weighted by Crippen LogP contribution is 2.17. The average Bonchev–Trinajstić information content (AvgIpc) is 2.93. The van der Waals surface area contributed by atoms with Gasteiger partial charge in [0.05, 0.1) is 13.2 Å². The Morgan fingerprint density at radius 3 is 2.31 bits per heavy atom. The summed E-state index contributed by atoms with van der Waals surface area (Å²) in [5.74, 6) is 0.259.